The molecule has 2 aromatic heterocycles. The molecule has 6 heteroatoms. The van der Waals surface area contributed by atoms with E-state index in [1.807, 2.05) is 30.5 Å². The molecule has 0 aliphatic rings. The number of fused-ring (bicyclic) bond motifs is 1. The second-order valence-electron chi connectivity index (χ2n) is 4.04. The number of thioether (sulfide) groups is 1. The van der Waals surface area contributed by atoms with Crippen LogP contribution in [0.3, 0.4) is 0 Å². The minimum absolute atomic E-state index is 0.566. The lowest BCUT2D eigenvalue weighted by Crippen LogP contribution is -1.93. The van der Waals surface area contributed by atoms with E-state index in [0.717, 1.165) is 27.3 Å². The molecule has 0 saturated heterocycles. The van der Waals surface area contributed by atoms with Crippen molar-refractivity contribution in [3.8, 4) is 17.1 Å². The fourth-order valence-corrected chi connectivity index (χ4v) is 2.31. The minimum atomic E-state index is 0.566. The highest BCUT2D eigenvalue weighted by atomic mass is 32.2. The molecular weight excluding hydrogens is 272 g/mol. The van der Waals surface area contributed by atoms with Gasteiger partial charge in [-0.25, -0.2) is 19.9 Å². The molecule has 0 amide bonds. The highest BCUT2D eigenvalue weighted by Gasteiger charge is 2.07. The Morgan fingerprint density at radius 2 is 2.00 bits per heavy atom. The van der Waals surface area contributed by atoms with Crippen LogP contribution >= 0.6 is 11.8 Å². The van der Waals surface area contributed by atoms with Crippen molar-refractivity contribution in [1.29, 1.82) is 0 Å². The summed E-state index contributed by atoms with van der Waals surface area (Å²) in [5.74, 6) is 0.566. The average molecular weight is 284 g/mol. The van der Waals surface area contributed by atoms with Gasteiger partial charge >= 0.3 is 0 Å². The molecule has 0 bridgehead atoms. The number of hydrogen-bond acceptors (Lipinski definition) is 6. The molecule has 100 valence electrons. The summed E-state index contributed by atoms with van der Waals surface area (Å²) in [5.41, 5.74) is 2.71. The van der Waals surface area contributed by atoms with Gasteiger partial charge in [-0.2, -0.15) is 0 Å². The predicted octanol–water partition coefficient (Wildman–Crippen LogP) is 2.82. The zero-order valence-corrected chi connectivity index (χ0v) is 11.9. The SMILES string of the molecule is COc1ncnc2ccc(-c3ccnc(SC)n3)cc12. The molecule has 0 saturated carbocycles. The van der Waals surface area contributed by atoms with Gasteiger partial charge in [0.15, 0.2) is 5.16 Å². The summed E-state index contributed by atoms with van der Waals surface area (Å²) in [6.45, 7) is 0. The van der Waals surface area contributed by atoms with Crippen LogP contribution in [0.1, 0.15) is 0 Å². The smallest absolute Gasteiger partial charge is 0.224 e. The first-order valence-electron chi connectivity index (χ1n) is 5.98. The van der Waals surface area contributed by atoms with Gasteiger partial charge < -0.3 is 4.74 Å². The lowest BCUT2D eigenvalue weighted by molar-refractivity contribution is 0.402. The highest BCUT2D eigenvalue weighted by Crippen LogP contribution is 2.27. The Labute approximate surface area is 120 Å². The van der Waals surface area contributed by atoms with Crippen molar-refractivity contribution in [2.75, 3.05) is 13.4 Å². The van der Waals surface area contributed by atoms with Gasteiger partial charge in [-0.3, -0.25) is 0 Å². The van der Waals surface area contributed by atoms with Crippen molar-refractivity contribution >= 4 is 22.7 Å². The topological polar surface area (TPSA) is 60.8 Å². The average Bonchev–Trinajstić information content (AvgIpc) is 2.53. The molecule has 0 N–H and O–H groups in total. The number of aromatic nitrogens is 4. The summed E-state index contributed by atoms with van der Waals surface area (Å²) in [5, 5.41) is 1.62. The maximum atomic E-state index is 5.28. The summed E-state index contributed by atoms with van der Waals surface area (Å²) in [6.07, 6.45) is 5.21. The zero-order valence-electron chi connectivity index (χ0n) is 11.1. The Bertz CT molecular complexity index is 763. The standard InChI is InChI=1S/C14H12N4OS/c1-19-13-10-7-9(3-4-12(10)16-8-17-13)11-5-6-15-14(18-11)20-2/h3-8H,1-2H3. The van der Waals surface area contributed by atoms with E-state index in [9.17, 15) is 0 Å². The van der Waals surface area contributed by atoms with Gasteiger partial charge in [0.05, 0.1) is 23.7 Å². The first-order valence-corrected chi connectivity index (χ1v) is 7.20. The van der Waals surface area contributed by atoms with Crippen LogP contribution in [-0.2, 0) is 0 Å². The van der Waals surface area contributed by atoms with Crippen LogP contribution in [0.25, 0.3) is 22.2 Å². The lowest BCUT2D eigenvalue weighted by Gasteiger charge is -2.06. The molecule has 0 atom stereocenters. The van der Waals surface area contributed by atoms with Crippen molar-refractivity contribution in [3.05, 3.63) is 36.8 Å². The van der Waals surface area contributed by atoms with Crippen LogP contribution in [0.5, 0.6) is 5.88 Å². The van der Waals surface area contributed by atoms with Gasteiger partial charge in [0.1, 0.15) is 6.33 Å². The second-order valence-corrected chi connectivity index (χ2v) is 4.82. The Morgan fingerprint density at radius 1 is 1.10 bits per heavy atom. The van der Waals surface area contributed by atoms with E-state index in [-0.39, 0.29) is 0 Å². The number of hydrogen-bond donors (Lipinski definition) is 0. The number of rotatable bonds is 3. The zero-order chi connectivity index (χ0) is 13.9. The van der Waals surface area contributed by atoms with Crippen molar-refractivity contribution in [2.45, 2.75) is 5.16 Å². The second kappa shape index (κ2) is 5.42. The van der Waals surface area contributed by atoms with E-state index in [0.29, 0.717) is 5.88 Å². The fraction of sp³-hybridized carbons (Fsp3) is 0.143. The molecule has 0 aliphatic carbocycles. The van der Waals surface area contributed by atoms with Crippen molar-refractivity contribution in [2.24, 2.45) is 0 Å². The lowest BCUT2D eigenvalue weighted by atomic mass is 10.1. The minimum Gasteiger partial charge on any atom is -0.480 e. The van der Waals surface area contributed by atoms with Gasteiger partial charge in [0, 0.05) is 11.8 Å². The van der Waals surface area contributed by atoms with Crippen LogP contribution in [0.4, 0.5) is 0 Å². The van der Waals surface area contributed by atoms with Crippen molar-refractivity contribution in [3.63, 3.8) is 0 Å². The maximum absolute atomic E-state index is 5.28. The van der Waals surface area contributed by atoms with E-state index in [4.69, 9.17) is 4.74 Å². The van der Waals surface area contributed by atoms with E-state index >= 15 is 0 Å². The van der Waals surface area contributed by atoms with Gasteiger partial charge in [-0.1, -0.05) is 17.8 Å². The number of methoxy groups -OCH3 is 1. The molecular formula is C14H12N4OS. The van der Waals surface area contributed by atoms with E-state index in [1.54, 1.807) is 13.3 Å². The quantitative estimate of drug-likeness (QED) is 0.544. The van der Waals surface area contributed by atoms with Crippen LogP contribution in [0.2, 0.25) is 0 Å². The molecule has 0 unspecified atom stereocenters. The number of nitrogens with zero attached hydrogens (tertiary/aromatic N) is 4. The fourth-order valence-electron chi connectivity index (χ4n) is 1.95. The van der Waals surface area contributed by atoms with Gasteiger partial charge in [0.2, 0.25) is 5.88 Å². The third-order valence-corrected chi connectivity index (χ3v) is 3.47. The van der Waals surface area contributed by atoms with E-state index < -0.39 is 0 Å². The first-order chi connectivity index (χ1) is 9.81. The summed E-state index contributed by atoms with van der Waals surface area (Å²) < 4.78 is 5.28. The molecule has 3 aromatic rings. The Morgan fingerprint density at radius 3 is 2.80 bits per heavy atom. The Kier molecular flexibility index (Phi) is 3.47. The summed E-state index contributed by atoms with van der Waals surface area (Å²) in [7, 11) is 1.60. The predicted molar refractivity (Wildman–Crippen MR) is 78.9 cm³/mol. The molecule has 20 heavy (non-hydrogen) atoms. The largest absolute Gasteiger partial charge is 0.480 e. The molecule has 0 aliphatic heterocycles. The highest BCUT2D eigenvalue weighted by molar-refractivity contribution is 7.98. The molecule has 0 spiro atoms. The summed E-state index contributed by atoms with van der Waals surface area (Å²) >= 11 is 1.52. The van der Waals surface area contributed by atoms with Crippen LogP contribution < -0.4 is 4.74 Å². The third-order valence-electron chi connectivity index (χ3n) is 2.90. The first kappa shape index (κ1) is 12.8. The maximum Gasteiger partial charge on any atom is 0.224 e. The van der Waals surface area contributed by atoms with E-state index in [1.165, 1.54) is 18.1 Å². The normalized spacial score (nSPS) is 10.7. The van der Waals surface area contributed by atoms with Crippen molar-refractivity contribution in [1.82, 2.24) is 19.9 Å². The van der Waals surface area contributed by atoms with Crippen molar-refractivity contribution < 1.29 is 4.74 Å². The van der Waals surface area contributed by atoms with Gasteiger partial charge in [0.25, 0.3) is 0 Å². The van der Waals surface area contributed by atoms with E-state index in [2.05, 4.69) is 19.9 Å². The molecule has 3 rings (SSSR count). The summed E-state index contributed by atoms with van der Waals surface area (Å²) in [6, 6.07) is 7.80. The van der Waals surface area contributed by atoms with Gasteiger partial charge in [-0.05, 0) is 24.5 Å². The third kappa shape index (κ3) is 2.30. The van der Waals surface area contributed by atoms with Gasteiger partial charge in [-0.15, -0.1) is 0 Å². The molecule has 5 nitrogen and oxygen atoms in total. The Balaban J connectivity index is 2.16. The molecule has 2 heterocycles. The monoisotopic (exact) mass is 284 g/mol. The molecule has 0 radical (unpaired) electrons. The number of benzene rings is 1. The number of ether oxygens (including phenoxy) is 1. The molecule has 0 fully saturated rings. The van der Waals surface area contributed by atoms with Crippen LogP contribution in [0, 0.1) is 0 Å². The van der Waals surface area contributed by atoms with Crippen LogP contribution in [0.15, 0.2) is 41.9 Å². The Hall–Kier alpha value is -2.21. The molecule has 1 aromatic carbocycles. The van der Waals surface area contributed by atoms with Crippen LogP contribution in [-0.4, -0.2) is 33.3 Å². The summed E-state index contributed by atoms with van der Waals surface area (Å²) in [4.78, 5) is 17.0.